The van der Waals surface area contributed by atoms with Crippen LogP contribution < -0.4 is 15.8 Å². The van der Waals surface area contributed by atoms with Crippen molar-refractivity contribution in [2.24, 2.45) is 10.7 Å². The zero-order valence-corrected chi connectivity index (χ0v) is 25.2. The molecule has 0 unspecified atom stereocenters. The summed E-state index contributed by atoms with van der Waals surface area (Å²) >= 11 is 0. The van der Waals surface area contributed by atoms with E-state index in [9.17, 15) is 9.59 Å². The number of benzene rings is 2. The number of aliphatic imine (C=N–C) groups is 1. The number of hydrogen-bond acceptors (Lipinski definition) is 6. The van der Waals surface area contributed by atoms with E-state index in [0.717, 1.165) is 87.2 Å². The molecule has 0 radical (unpaired) electrons. The van der Waals surface area contributed by atoms with Gasteiger partial charge in [0, 0.05) is 31.6 Å². The number of nitrogens with one attached hydrogen (secondary N) is 1. The molecule has 226 valence electrons. The number of nitrogens with two attached hydrogens (primary N) is 1. The van der Waals surface area contributed by atoms with Crippen molar-refractivity contribution in [1.29, 1.82) is 0 Å². The van der Waals surface area contributed by atoms with E-state index >= 15 is 0 Å². The van der Waals surface area contributed by atoms with Gasteiger partial charge in [-0.05, 0) is 111 Å². The van der Waals surface area contributed by atoms with E-state index in [-0.39, 0.29) is 12.5 Å². The number of ether oxygens (including phenoxy) is 1. The van der Waals surface area contributed by atoms with Gasteiger partial charge in [0.25, 0.3) is 11.8 Å². The standard InChI is InChI=1S/C35H43N5O3/c1-37-22-25-8-10-28(11-9-25)32-15-13-29(23-39-32)35(42)38-18-4-5-19-40-20-16-27(17-21-40)31-14-12-26-6-2-3-7-30(26)34(31)43-24-33(36)41/h8-15,22-23,27H,2-7,16-21,24H2,1H3,(H2,36,41)(H,38,42). The molecule has 3 aromatic rings. The molecule has 8 nitrogen and oxygen atoms in total. The van der Waals surface area contributed by atoms with E-state index < -0.39 is 5.91 Å². The number of rotatable bonds is 12. The van der Waals surface area contributed by atoms with Crippen molar-refractivity contribution in [3.05, 3.63) is 82.5 Å². The number of piperidine rings is 1. The zero-order valence-electron chi connectivity index (χ0n) is 25.2. The Balaban J connectivity index is 1.04. The summed E-state index contributed by atoms with van der Waals surface area (Å²) in [5.41, 5.74) is 12.8. The number of likely N-dealkylation sites (tertiary alicyclic amines) is 1. The highest BCUT2D eigenvalue weighted by Gasteiger charge is 2.26. The van der Waals surface area contributed by atoms with Crippen molar-refractivity contribution in [2.45, 2.75) is 57.3 Å². The number of aryl methyl sites for hydroxylation is 1. The van der Waals surface area contributed by atoms with E-state index in [1.165, 1.54) is 23.1 Å². The fourth-order valence-electron chi connectivity index (χ4n) is 6.27. The molecule has 3 N–H and O–H groups in total. The number of primary amides is 1. The van der Waals surface area contributed by atoms with Gasteiger partial charge >= 0.3 is 0 Å². The Kier molecular flexibility index (Phi) is 10.6. The van der Waals surface area contributed by atoms with Crippen molar-refractivity contribution in [3.63, 3.8) is 0 Å². The lowest BCUT2D eigenvalue weighted by Crippen LogP contribution is -2.34. The fourth-order valence-corrected chi connectivity index (χ4v) is 6.27. The van der Waals surface area contributed by atoms with Crippen molar-refractivity contribution >= 4 is 18.0 Å². The lowest BCUT2D eigenvalue weighted by Gasteiger charge is -2.34. The summed E-state index contributed by atoms with van der Waals surface area (Å²) in [6, 6.07) is 16.2. The summed E-state index contributed by atoms with van der Waals surface area (Å²) in [6.45, 7) is 3.68. The Morgan fingerprint density at radius 2 is 1.84 bits per heavy atom. The molecule has 2 heterocycles. The first-order valence-electron chi connectivity index (χ1n) is 15.6. The molecule has 2 aromatic carbocycles. The number of pyridine rings is 1. The van der Waals surface area contributed by atoms with Crippen LogP contribution in [-0.2, 0) is 17.6 Å². The number of aromatic nitrogens is 1. The number of carbonyl (C=O) groups is 2. The van der Waals surface area contributed by atoms with Crippen LogP contribution in [0.15, 0.2) is 59.7 Å². The third-order valence-electron chi connectivity index (χ3n) is 8.59. The van der Waals surface area contributed by atoms with Crippen LogP contribution in [0.1, 0.15) is 77.1 Å². The first kappa shape index (κ1) is 30.4. The van der Waals surface area contributed by atoms with Crippen molar-refractivity contribution in [3.8, 4) is 17.0 Å². The molecule has 1 aliphatic carbocycles. The van der Waals surface area contributed by atoms with Gasteiger partial charge in [-0.1, -0.05) is 36.4 Å². The van der Waals surface area contributed by atoms with Gasteiger partial charge < -0.3 is 20.7 Å². The molecule has 43 heavy (non-hydrogen) atoms. The first-order chi connectivity index (χ1) is 21.0. The Morgan fingerprint density at radius 3 is 2.56 bits per heavy atom. The van der Waals surface area contributed by atoms with Gasteiger partial charge in [0.1, 0.15) is 5.75 Å². The van der Waals surface area contributed by atoms with Crippen molar-refractivity contribution < 1.29 is 14.3 Å². The number of unbranched alkanes of at least 4 members (excludes halogenated alkanes) is 1. The summed E-state index contributed by atoms with van der Waals surface area (Å²) in [6.07, 6.45) is 12.0. The van der Waals surface area contributed by atoms with Crippen molar-refractivity contribution in [1.82, 2.24) is 15.2 Å². The molecular weight excluding hydrogens is 538 g/mol. The van der Waals surface area contributed by atoms with Crippen LogP contribution in [0, 0.1) is 0 Å². The second-order valence-electron chi connectivity index (χ2n) is 11.6. The molecule has 0 spiro atoms. The quantitative estimate of drug-likeness (QED) is 0.233. The SMILES string of the molecule is CN=Cc1ccc(-c2ccc(C(=O)NCCCCN3CCC(c4ccc5c(c4OCC(N)=O)CCCC5)CC3)cn2)cc1. The lowest BCUT2D eigenvalue weighted by atomic mass is 9.83. The topological polar surface area (TPSA) is 110 Å². The highest BCUT2D eigenvalue weighted by molar-refractivity contribution is 5.94. The molecule has 2 amide bonds. The largest absolute Gasteiger partial charge is 0.483 e. The molecule has 0 atom stereocenters. The Morgan fingerprint density at radius 1 is 1.05 bits per heavy atom. The molecule has 1 saturated heterocycles. The minimum Gasteiger partial charge on any atom is -0.483 e. The van der Waals surface area contributed by atoms with Crippen LogP contribution in [-0.4, -0.2) is 67.7 Å². The summed E-state index contributed by atoms with van der Waals surface area (Å²) in [5.74, 6) is 0.834. The monoisotopic (exact) mass is 581 g/mol. The molecule has 2 aliphatic rings. The number of nitrogens with zero attached hydrogens (tertiary/aromatic N) is 3. The third-order valence-corrected chi connectivity index (χ3v) is 8.59. The average molecular weight is 582 g/mol. The molecule has 0 saturated carbocycles. The maximum absolute atomic E-state index is 12.6. The second-order valence-corrected chi connectivity index (χ2v) is 11.6. The van der Waals surface area contributed by atoms with Crippen LogP contribution >= 0.6 is 0 Å². The van der Waals surface area contributed by atoms with E-state index in [4.69, 9.17) is 10.5 Å². The van der Waals surface area contributed by atoms with Gasteiger partial charge in [0.2, 0.25) is 0 Å². The highest BCUT2D eigenvalue weighted by atomic mass is 16.5. The Hall–Kier alpha value is -4.04. The Labute approximate surface area is 254 Å². The molecule has 8 heteroatoms. The van der Waals surface area contributed by atoms with Gasteiger partial charge in [0.05, 0.1) is 11.3 Å². The summed E-state index contributed by atoms with van der Waals surface area (Å²) < 4.78 is 6.03. The number of amides is 2. The predicted molar refractivity (Wildman–Crippen MR) is 171 cm³/mol. The third kappa shape index (κ3) is 8.08. The summed E-state index contributed by atoms with van der Waals surface area (Å²) in [4.78, 5) is 35.2. The van der Waals surface area contributed by atoms with Crippen LogP contribution in [0.5, 0.6) is 5.75 Å². The molecule has 0 bridgehead atoms. The van der Waals surface area contributed by atoms with Crippen LogP contribution in [0.4, 0.5) is 0 Å². The maximum atomic E-state index is 12.6. The van der Waals surface area contributed by atoms with Gasteiger partial charge in [-0.15, -0.1) is 0 Å². The molecule has 1 aliphatic heterocycles. The second kappa shape index (κ2) is 14.9. The van der Waals surface area contributed by atoms with Crippen molar-refractivity contribution in [2.75, 3.05) is 39.8 Å². The smallest absolute Gasteiger partial charge is 0.255 e. The van der Waals surface area contributed by atoms with Gasteiger partial charge in [-0.2, -0.15) is 0 Å². The molecule has 1 fully saturated rings. The lowest BCUT2D eigenvalue weighted by molar-refractivity contribution is -0.120. The van der Waals surface area contributed by atoms with E-state index in [0.29, 0.717) is 18.0 Å². The molecule has 5 rings (SSSR count). The number of fused-ring (bicyclic) bond motifs is 1. The zero-order chi connectivity index (χ0) is 30.0. The molecule has 1 aromatic heterocycles. The summed E-state index contributed by atoms with van der Waals surface area (Å²) in [5, 5.41) is 3.04. The number of hydrogen-bond donors (Lipinski definition) is 2. The highest BCUT2D eigenvalue weighted by Crippen LogP contribution is 2.40. The summed E-state index contributed by atoms with van der Waals surface area (Å²) in [7, 11) is 1.75. The van der Waals surface area contributed by atoms with Crippen LogP contribution in [0.2, 0.25) is 0 Å². The van der Waals surface area contributed by atoms with E-state index in [1.54, 1.807) is 13.2 Å². The van der Waals surface area contributed by atoms with E-state index in [1.807, 2.05) is 42.6 Å². The first-order valence-corrected chi connectivity index (χ1v) is 15.6. The number of carbonyl (C=O) groups excluding carboxylic acids is 2. The normalized spacial score (nSPS) is 15.7. The van der Waals surface area contributed by atoms with Gasteiger partial charge in [-0.3, -0.25) is 19.6 Å². The van der Waals surface area contributed by atoms with Crippen LogP contribution in [0.25, 0.3) is 11.3 Å². The van der Waals surface area contributed by atoms with Gasteiger partial charge in [0.15, 0.2) is 6.61 Å². The maximum Gasteiger partial charge on any atom is 0.255 e. The fraction of sp³-hybridized carbons (Fsp3) is 0.429. The van der Waals surface area contributed by atoms with Crippen LogP contribution in [0.3, 0.4) is 0 Å². The minimum atomic E-state index is -0.430. The molecular formula is C35H43N5O3. The average Bonchev–Trinajstić information content (AvgIpc) is 3.04. The van der Waals surface area contributed by atoms with E-state index in [2.05, 4.69) is 32.3 Å². The van der Waals surface area contributed by atoms with Gasteiger partial charge in [-0.25, -0.2) is 0 Å². The predicted octanol–water partition coefficient (Wildman–Crippen LogP) is 4.93. The minimum absolute atomic E-state index is 0.0648. The Bertz CT molecular complexity index is 1410.